The predicted octanol–water partition coefficient (Wildman–Crippen LogP) is 3.98. The Balaban J connectivity index is 2.53. The first-order valence-corrected chi connectivity index (χ1v) is 6.82. The largest absolute Gasteiger partial charge is 0.389 e. The van der Waals surface area contributed by atoms with Crippen LogP contribution in [0.15, 0.2) is 30.3 Å². The zero-order valence-corrected chi connectivity index (χ0v) is 12.9. The first-order chi connectivity index (χ1) is 9.81. The summed E-state index contributed by atoms with van der Waals surface area (Å²) < 4.78 is 28.4. The number of aryl methyl sites for hydroxylation is 2. The summed E-state index contributed by atoms with van der Waals surface area (Å²) in [4.78, 5) is 1.46. The minimum Gasteiger partial charge on any atom is -0.389 e. The highest BCUT2D eigenvalue weighted by Crippen LogP contribution is 2.32. The van der Waals surface area contributed by atoms with Crippen molar-refractivity contribution in [2.75, 3.05) is 11.9 Å². The summed E-state index contributed by atoms with van der Waals surface area (Å²) in [7, 11) is 1.62. The molecule has 0 aromatic heterocycles. The van der Waals surface area contributed by atoms with Crippen molar-refractivity contribution in [3.05, 3.63) is 58.7 Å². The molecule has 2 nitrogen and oxygen atoms in total. The fourth-order valence-electron chi connectivity index (χ4n) is 2.33. The zero-order chi connectivity index (χ0) is 15.7. The van der Waals surface area contributed by atoms with Gasteiger partial charge in [-0.25, -0.2) is 8.78 Å². The maximum atomic E-state index is 14.2. The van der Waals surface area contributed by atoms with E-state index in [0.29, 0.717) is 0 Å². The van der Waals surface area contributed by atoms with Gasteiger partial charge in [-0.05, 0) is 37.6 Å². The number of benzene rings is 2. The number of hydrogen-bond donors (Lipinski definition) is 1. The molecule has 0 radical (unpaired) electrons. The van der Waals surface area contributed by atoms with Crippen LogP contribution in [0.3, 0.4) is 0 Å². The molecule has 0 saturated carbocycles. The van der Waals surface area contributed by atoms with Gasteiger partial charge in [-0.3, -0.25) is 0 Å². The van der Waals surface area contributed by atoms with Crippen LogP contribution >= 0.6 is 12.2 Å². The molecule has 2 aromatic carbocycles. The van der Waals surface area contributed by atoms with Crippen LogP contribution in [-0.2, 0) is 0 Å². The maximum Gasteiger partial charge on any atom is 0.150 e. The molecule has 0 aliphatic rings. The minimum absolute atomic E-state index is 0.0338. The lowest BCUT2D eigenvalue weighted by atomic mass is 10.1. The molecule has 2 rings (SSSR count). The number of hydrogen-bond acceptors (Lipinski definition) is 2. The zero-order valence-electron chi connectivity index (χ0n) is 12.1. The number of anilines is 2. The van der Waals surface area contributed by atoms with Crippen LogP contribution in [0.5, 0.6) is 0 Å². The second-order valence-corrected chi connectivity index (χ2v) is 5.44. The number of rotatable bonds is 3. The summed E-state index contributed by atoms with van der Waals surface area (Å²) in [6.07, 6.45) is 0. The maximum absolute atomic E-state index is 14.2. The summed E-state index contributed by atoms with van der Waals surface area (Å²) >= 11 is 4.75. The summed E-state index contributed by atoms with van der Waals surface area (Å²) in [5, 5.41) is 0. The number of thiocarbonyl (C=S) groups is 1. The van der Waals surface area contributed by atoms with Crippen molar-refractivity contribution in [3.8, 4) is 0 Å². The topological polar surface area (TPSA) is 29.3 Å². The minimum atomic E-state index is -0.694. The van der Waals surface area contributed by atoms with E-state index in [4.69, 9.17) is 18.0 Å². The molecule has 5 heteroatoms. The van der Waals surface area contributed by atoms with E-state index in [2.05, 4.69) is 0 Å². The highest BCUT2D eigenvalue weighted by Gasteiger charge is 2.18. The van der Waals surface area contributed by atoms with Crippen molar-refractivity contribution in [2.24, 2.45) is 5.73 Å². The van der Waals surface area contributed by atoms with E-state index in [1.807, 2.05) is 32.0 Å². The average molecular weight is 306 g/mol. The van der Waals surface area contributed by atoms with Crippen molar-refractivity contribution in [2.45, 2.75) is 13.8 Å². The van der Waals surface area contributed by atoms with Crippen LogP contribution in [0.2, 0.25) is 0 Å². The Hall–Kier alpha value is -2.01. The first-order valence-electron chi connectivity index (χ1n) is 6.41. The van der Waals surface area contributed by atoms with E-state index in [9.17, 15) is 8.78 Å². The molecule has 0 spiro atoms. The fourth-order valence-corrected chi connectivity index (χ4v) is 2.45. The van der Waals surface area contributed by atoms with Gasteiger partial charge in [-0.1, -0.05) is 29.9 Å². The summed E-state index contributed by atoms with van der Waals surface area (Å²) in [6.45, 7) is 3.87. The molecule has 0 fully saturated rings. The lowest BCUT2D eigenvalue weighted by molar-refractivity contribution is 0.583. The Morgan fingerprint density at radius 2 is 1.67 bits per heavy atom. The van der Waals surface area contributed by atoms with E-state index in [1.165, 1.54) is 4.90 Å². The number of halogens is 2. The van der Waals surface area contributed by atoms with Gasteiger partial charge >= 0.3 is 0 Å². The molecule has 0 saturated heterocycles. The van der Waals surface area contributed by atoms with E-state index >= 15 is 0 Å². The van der Waals surface area contributed by atoms with Crippen LogP contribution in [-0.4, -0.2) is 12.0 Å². The summed E-state index contributed by atoms with van der Waals surface area (Å²) in [5.74, 6) is -1.39. The number of nitrogens with two attached hydrogens (primary N) is 1. The second-order valence-electron chi connectivity index (χ2n) is 5.00. The molecule has 0 aliphatic heterocycles. The van der Waals surface area contributed by atoms with E-state index in [1.54, 1.807) is 7.05 Å². The van der Waals surface area contributed by atoms with Gasteiger partial charge < -0.3 is 10.6 Å². The third-order valence-corrected chi connectivity index (χ3v) is 3.59. The van der Waals surface area contributed by atoms with E-state index in [-0.39, 0.29) is 16.2 Å². The SMILES string of the molecule is Cc1ccc(N(C)c2c(F)cc(C(N)=S)cc2F)c(C)c1. The van der Waals surface area contributed by atoms with Crippen molar-refractivity contribution in [1.82, 2.24) is 0 Å². The summed E-state index contributed by atoms with van der Waals surface area (Å²) in [5.41, 5.74) is 8.24. The molecular weight excluding hydrogens is 290 g/mol. The van der Waals surface area contributed by atoms with Crippen molar-refractivity contribution in [3.63, 3.8) is 0 Å². The van der Waals surface area contributed by atoms with Crippen LogP contribution in [0.25, 0.3) is 0 Å². The molecule has 21 heavy (non-hydrogen) atoms. The van der Waals surface area contributed by atoms with Gasteiger partial charge in [0.05, 0.1) is 0 Å². The summed E-state index contributed by atoms with van der Waals surface area (Å²) in [6, 6.07) is 8.01. The smallest absolute Gasteiger partial charge is 0.150 e. The van der Waals surface area contributed by atoms with Gasteiger partial charge in [0, 0.05) is 18.3 Å². The molecule has 2 aromatic rings. The van der Waals surface area contributed by atoms with Crippen molar-refractivity contribution >= 4 is 28.6 Å². The third kappa shape index (κ3) is 3.03. The average Bonchev–Trinajstić information content (AvgIpc) is 2.37. The van der Waals surface area contributed by atoms with Gasteiger partial charge in [-0.2, -0.15) is 0 Å². The van der Waals surface area contributed by atoms with Crippen molar-refractivity contribution < 1.29 is 8.78 Å². The lowest BCUT2D eigenvalue weighted by Gasteiger charge is -2.23. The molecule has 0 amide bonds. The monoisotopic (exact) mass is 306 g/mol. The van der Waals surface area contributed by atoms with Gasteiger partial charge in [-0.15, -0.1) is 0 Å². The second kappa shape index (κ2) is 5.77. The normalized spacial score (nSPS) is 10.5. The van der Waals surface area contributed by atoms with Gasteiger partial charge in [0.25, 0.3) is 0 Å². The Labute approximate surface area is 128 Å². The molecule has 2 N–H and O–H groups in total. The molecule has 110 valence electrons. The van der Waals surface area contributed by atoms with Gasteiger partial charge in [0.15, 0.2) is 11.6 Å². The molecule has 0 heterocycles. The standard InChI is InChI=1S/C16H16F2N2S/c1-9-4-5-14(10(2)6-9)20(3)15-12(17)7-11(16(19)21)8-13(15)18/h4-8H,1-3H3,(H2,19,21). The first kappa shape index (κ1) is 15.4. The highest BCUT2D eigenvalue weighted by molar-refractivity contribution is 7.80. The Bertz CT molecular complexity index is 690. The molecule has 0 bridgehead atoms. The molecular formula is C16H16F2N2S. The highest BCUT2D eigenvalue weighted by atomic mass is 32.1. The van der Waals surface area contributed by atoms with Gasteiger partial charge in [0.2, 0.25) is 0 Å². The van der Waals surface area contributed by atoms with Gasteiger partial charge in [0.1, 0.15) is 10.7 Å². The predicted molar refractivity (Wildman–Crippen MR) is 86.2 cm³/mol. The Morgan fingerprint density at radius 1 is 1.10 bits per heavy atom. The molecule has 0 aliphatic carbocycles. The third-order valence-electron chi connectivity index (χ3n) is 3.35. The van der Waals surface area contributed by atoms with Crippen LogP contribution in [0.4, 0.5) is 20.2 Å². The van der Waals surface area contributed by atoms with Crippen LogP contribution in [0.1, 0.15) is 16.7 Å². The van der Waals surface area contributed by atoms with Crippen molar-refractivity contribution in [1.29, 1.82) is 0 Å². The molecule has 0 atom stereocenters. The molecule has 0 unspecified atom stereocenters. The Morgan fingerprint density at radius 3 is 2.14 bits per heavy atom. The van der Waals surface area contributed by atoms with Crippen LogP contribution in [0, 0.1) is 25.5 Å². The number of nitrogens with zero attached hydrogens (tertiary/aromatic N) is 1. The quantitative estimate of drug-likeness (QED) is 0.870. The van der Waals surface area contributed by atoms with Crippen LogP contribution < -0.4 is 10.6 Å². The van der Waals surface area contributed by atoms with E-state index in [0.717, 1.165) is 28.9 Å². The Kier molecular flexibility index (Phi) is 4.23. The lowest BCUT2D eigenvalue weighted by Crippen LogP contribution is -2.17. The van der Waals surface area contributed by atoms with E-state index < -0.39 is 11.6 Å². The fraction of sp³-hybridized carbons (Fsp3) is 0.188.